The molecule has 8 heteroatoms. The summed E-state index contributed by atoms with van der Waals surface area (Å²) < 4.78 is 0. The number of hydrogen-bond acceptors (Lipinski definition) is 6. The van der Waals surface area contributed by atoms with Crippen molar-refractivity contribution in [3.63, 3.8) is 0 Å². The number of azo groups is 1. The Hall–Kier alpha value is -3.03. The molecule has 1 aliphatic carbocycles. The summed E-state index contributed by atoms with van der Waals surface area (Å²) >= 11 is 0. The van der Waals surface area contributed by atoms with E-state index in [9.17, 15) is 19.5 Å². The minimum absolute atomic E-state index is 0.0366. The molecule has 2 rings (SSSR count). The van der Waals surface area contributed by atoms with Crippen LogP contribution in [0, 0.1) is 5.41 Å². The maximum absolute atomic E-state index is 12.1. The van der Waals surface area contributed by atoms with Gasteiger partial charge in [0.1, 0.15) is 5.76 Å². The number of aliphatic hydroxyl groups excluding tert-OH is 1. The summed E-state index contributed by atoms with van der Waals surface area (Å²) in [6.45, 7) is 3.73. The van der Waals surface area contributed by atoms with Gasteiger partial charge in [-0.15, -0.1) is 5.11 Å². The molecule has 0 fully saturated rings. The van der Waals surface area contributed by atoms with Crippen molar-refractivity contribution in [2.75, 3.05) is 0 Å². The lowest BCUT2D eigenvalue weighted by Crippen LogP contribution is -2.25. The Bertz CT molecular complexity index is 761. The molecule has 0 aromatic heterocycles. The highest BCUT2D eigenvalue weighted by molar-refractivity contribution is 5.99. The first-order chi connectivity index (χ1) is 11.1. The van der Waals surface area contributed by atoms with Gasteiger partial charge in [0.05, 0.1) is 5.69 Å². The van der Waals surface area contributed by atoms with Crippen LogP contribution in [-0.2, 0) is 4.79 Å². The minimum Gasteiger partial charge on any atom is -0.510 e. The predicted molar refractivity (Wildman–Crippen MR) is 85.7 cm³/mol. The third kappa shape index (κ3) is 3.83. The summed E-state index contributed by atoms with van der Waals surface area (Å²) in [5.41, 5.74) is 10.1. The molecule has 126 valence electrons. The molecule has 0 saturated carbocycles. The molecule has 0 radical (unpaired) electrons. The summed E-state index contributed by atoms with van der Waals surface area (Å²) in [4.78, 5) is 34.7. The summed E-state index contributed by atoms with van der Waals surface area (Å²) in [6.07, 6.45) is 0.542. The maximum atomic E-state index is 12.1. The standard InChI is InChI=1S/C16H18N4O4/c1-16(2)6-11(21)13(12(22)7-16)20-19-10-4-8(14(17)23)3-9(5-10)15(18)24/h3-5,21H,6-7H2,1-2H3,(H2,17,23)(H2,18,24). The van der Waals surface area contributed by atoms with Crippen LogP contribution in [0.2, 0.25) is 0 Å². The second-order valence-electron chi connectivity index (χ2n) is 6.43. The molecule has 5 N–H and O–H groups in total. The Kier molecular flexibility index (Phi) is 4.50. The molecule has 8 nitrogen and oxygen atoms in total. The van der Waals surface area contributed by atoms with E-state index in [0.717, 1.165) is 0 Å². The van der Waals surface area contributed by atoms with Crippen LogP contribution in [0.3, 0.4) is 0 Å². The molecule has 0 aliphatic heterocycles. The van der Waals surface area contributed by atoms with Gasteiger partial charge in [0, 0.05) is 24.0 Å². The number of allylic oxidation sites excluding steroid dienone is 2. The van der Waals surface area contributed by atoms with E-state index >= 15 is 0 Å². The van der Waals surface area contributed by atoms with E-state index in [1.54, 1.807) is 0 Å². The number of carbonyl (C=O) groups excluding carboxylic acids is 3. The van der Waals surface area contributed by atoms with E-state index in [1.807, 2.05) is 13.8 Å². The lowest BCUT2D eigenvalue weighted by Gasteiger charge is -2.27. The van der Waals surface area contributed by atoms with E-state index in [0.29, 0.717) is 6.42 Å². The van der Waals surface area contributed by atoms with E-state index < -0.39 is 11.8 Å². The number of Topliss-reactive ketones (excluding diaryl/α,β-unsaturated/α-hetero) is 1. The second kappa shape index (κ2) is 6.23. The average Bonchev–Trinajstić information content (AvgIpc) is 2.44. The molecule has 2 amide bonds. The number of primary amides is 2. The zero-order valence-electron chi connectivity index (χ0n) is 13.4. The van der Waals surface area contributed by atoms with Crippen LogP contribution in [-0.4, -0.2) is 22.7 Å². The first kappa shape index (κ1) is 17.3. The number of carbonyl (C=O) groups is 3. The highest BCUT2D eigenvalue weighted by atomic mass is 16.3. The van der Waals surface area contributed by atoms with Crippen molar-refractivity contribution in [1.82, 2.24) is 0 Å². The first-order valence-corrected chi connectivity index (χ1v) is 7.21. The molecule has 0 heterocycles. The number of hydrogen-bond donors (Lipinski definition) is 3. The molecule has 0 atom stereocenters. The van der Waals surface area contributed by atoms with Crippen LogP contribution < -0.4 is 11.5 Å². The fourth-order valence-electron chi connectivity index (χ4n) is 2.45. The number of amides is 2. The first-order valence-electron chi connectivity index (χ1n) is 7.21. The summed E-state index contributed by atoms with van der Waals surface area (Å²) in [5.74, 6) is -1.98. The molecular formula is C16H18N4O4. The molecule has 0 unspecified atom stereocenters. The zero-order chi connectivity index (χ0) is 18.1. The molecule has 1 aromatic rings. The van der Waals surface area contributed by atoms with Gasteiger partial charge < -0.3 is 16.6 Å². The van der Waals surface area contributed by atoms with Crippen LogP contribution in [0.5, 0.6) is 0 Å². The lowest BCUT2D eigenvalue weighted by atomic mass is 9.78. The van der Waals surface area contributed by atoms with Crippen LogP contribution >= 0.6 is 0 Å². The van der Waals surface area contributed by atoms with Crippen molar-refractivity contribution in [2.24, 2.45) is 27.1 Å². The van der Waals surface area contributed by atoms with Gasteiger partial charge in [0.25, 0.3) is 0 Å². The quantitative estimate of drug-likeness (QED) is 0.725. The Morgan fingerprint density at radius 1 is 1.04 bits per heavy atom. The van der Waals surface area contributed by atoms with Crippen molar-refractivity contribution < 1.29 is 19.5 Å². The van der Waals surface area contributed by atoms with Crippen LogP contribution in [0.1, 0.15) is 47.4 Å². The fourth-order valence-corrected chi connectivity index (χ4v) is 2.45. The van der Waals surface area contributed by atoms with Crippen LogP contribution in [0.4, 0.5) is 5.69 Å². The Labute approximate surface area is 138 Å². The van der Waals surface area contributed by atoms with Gasteiger partial charge in [-0.05, 0) is 23.6 Å². The summed E-state index contributed by atoms with van der Waals surface area (Å²) in [6, 6.07) is 3.87. The lowest BCUT2D eigenvalue weighted by molar-refractivity contribution is -0.118. The van der Waals surface area contributed by atoms with Gasteiger partial charge in [-0.25, -0.2) is 0 Å². The van der Waals surface area contributed by atoms with Crippen LogP contribution in [0.15, 0.2) is 39.9 Å². The smallest absolute Gasteiger partial charge is 0.248 e. The Morgan fingerprint density at radius 2 is 1.58 bits per heavy atom. The van der Waals surface area contributed by atoms with Crippen molar-refractivity contribution >= 4 is 23.3 Å². The third-order valence-corrected chi connectivity index (χ3v) is 3.57. The largest absolute Gasteiger partial charge is 0.510 e. The number of rotatable bonds is 4. The van der Waals surface area contributed by atoms with E-state index in [2.05, 4.69) is 10.2 Å². The van der Waals surface area contributed by atoms with E-state index in [-0.39, 0.29) is 45.9 Å². The van der Waals surface area contributed by atoms with Gasteiger partial charge >= 0.3 is 0 Å². The van der Waals surface area contributed by atoms with E-state index in [4.69, 9.17) is 11.5 Å². The molecule has 1 aliphatic rings. The number of aliphatic hydroxyl groups is 1. The summed E-state index contributed by atoms with van der Waals surface area (Å²) in [5, 5.41) is 17.6. The minimum atomic E-state index is -0.757. The van der Waals surface area contributed by atoms with Crippen molar-refractivity contribution in [3.8, 4) is 0 Å². The number of ketones is 1. The topological polar surface area (TPSA) is 148 Å². The Balaban J connectivity index is 2.40. The van der Waals surface area contributed by atoms with E-state index in [1.165, 1.54) is 18.2 Å². The molecule has 0 saturated heterocycles. The molecule has 24 heavy (non-hydrogen) atoms. The zero-order valence-corrected chi connectivity index (χ0v) is 13.4. The molecule has 0 bridgehead atoms. The highest BCUT2D eigenvalue weighted by Gasteiger charge is 2.33. The molecule has 1 aromatic carbocycles. The fraction of sp³-hybridized carbons (Fsp3) is 0.312. The maximum Gasteiger partial charge on any atom is 0.248 e. The Morgan fingerprint density at radius 3 is 2.04 bits per heavy atom. The highest BCUT2D eigenvalue weighted by Crippen LogP contribution is 2.36. The number of nitrogens with zero attached hydrogens (tertiary/aromatic N) is 2. The average molecular weight is 330 g/mol. The SMILES string of the molecule is CC1(C)CC(=O)C(N=Nc2cc(C(N)=O)cc(C(N)=O)c2)=C(O)C1. The van der Waals surface area contributed by atoms with Gasteiger partial charge in [0.15, 0.2) is 11.5 Å². The second-order valence-corrected chi connectivity index (χ2v) is 6.43. The molecule has 0 spiro atoms. The van der Waals surface area contributed by atoms with Gasteiger partial charge in [-0.3, -0.25) is 14.4 Å². The van der Waals surface area contributed by atoms with Gasteiger partial charge in [-0.1, -0.05) is 13.8 Å². The van der Waals surface area contributed by atoms with Crippen molar-refractivity contribution in [1.29, 1.82) is 0 Å². The normalized spacial score (nSPS) is 17.3. The third-order valence-electron chi connectivity index (χ3n) is 3.57. The van der Waals surface area contributed by atoms with Crippen molar-refractivity contribution in [3.05, 3.63) is 40.8 Å². The molecular weight excluding hydrogens is 312 g/mol. The number of nitrogens with two attached hydrogens (primary N) is 2. The van der Waals surface area contributed by atoms with Crippen molar-refractivity contribution in [2.45, 2.75) is 26.7 Å². The predicted octanol–water partition coefficient (Wildman–Crippen LogP) is 2.13. The monoisotopic (exact) mass is 330 g/mol. The number of benzene rings is 1. The van der Waals surface area contributed by atoms with Gasteiger partial charge in [0.2, 0.25) is 11.8 Å². The summed E-state index contributed by atoms with van der Waals surface area (Å²) in [7, 11) is 0. The van der Waals surface area contributed by atoms with Gasteiger partial charge in [-0.2, -0.15) is 5.11 Å². The van der Waals surface area contributed by atoms with Crippen LogP contribution in [0.25, 0.3) is 0 Å².